The molecule has 1 unspecified atom stereocenters. The van der Waals surface area contributed by atoms with Gasteiger partial charge in [-0.1, -0.05) is 49.9 Å². The fourth-order valence-electron chi connectivity index (χ4n) is 4.38. The number of unbranched alkanes of at least 4 members (excludes halogenated alkanes) is 5. The number of aromatic hydroxyl groups is 1. The molecule has 0 bridgehead atoms. The van der Waals surface area contributed by atoms with Crippen LogP contribution in [0.5, 0.6) is 17.2 Å². The number of carbonyl (C=O) groups excluding carboxylic acids is 1. The van der Waals surface area contributed by atoms with E-state index in [1.54, 1.807) is 48.5 Å². The summed E-state index contributed by atoms with van der Waals surface area (Å²) in [5, 5.41) is 9.44. The van der Waals surface area contributed by atoms with Crippen LogP contribution in [-0.2, 0) is 9.47 Å². The van der Waals surface area contributed by atoms with Crippen LogP contribution in [0.25, 0.3) is 11.1 Å². The van der Waals surface area contributed by atoms with E-state index in [-0.39, 0.29) is 12.0 Å². The molecular weight excluding hydrogens is 480 g/mol. The summed E-state index contributed by atoms with van der Waals surface area (Å²) < 4.78 is 22.7. The van der Waals surface area contributed by atoms with Gasteiger partial charge in [-0.25, -0.2) is 4.79 Å². The lowest BCUT2D eigenvalue weighted by Crippen LogP contribution is -2.22. The second kappa shape index (κ2) is 15.2. The standard InChI is InChI=1S/C32H38O6/c33-28-16-10-25(11-17-28)26-12-20-30(21-13-26)38-32(34)27-14-18-29(19-15-27)35-22-6-3-1-2-4-7-23-36-31-9-5-8-24-37-31/h10-21,31,33H,1-9,22-24H2. The van der Waals surface area contributed by atoms with Gasteiger partial charge in [-0.2, -0.15) is 0 Å². The minimum Gasteiger partial charge on any atom is -0.508 e. The molecule has 4 rings (SSSR count). The van der Waals surface area contributed by atoms with Crippen molar-refractivity contribution >= 4 is 5.97 Å². The maximum Gasteiger partial charge on any atom is 0.343 e. The molecule has 0 radical (unpaired) electrons. The Bertz CT molecular complexity index is 1090. The first kappa shape index (κ1) is 27.7. The van der Waals surface area contributed by atoms with Crippen LogP contribution in [0.15, 0.2) is 72.8 Å². The van der Waals surface area contributed by atoms with Gasteiger partial charge in [0.15, 0.2) is 6.29 Å². The molecule has 1 aliphatic heterocycles. The van der Waals surface area contributed by atoms with Crippen molar-refractivity contribution < 1.29 is 28.8 Å². The Balaban J connectivity index is 1.07. The molecule has 6 heteroatoms. The van der Waals surface area contributed by atoms with Crippen molar-refractivity contribution in [2.24, 2.45) is 0 Å². The highest BCUT2D eigenvalue weighted by molar-refractivity contribution is 5.91. The second-order valence-electron chi connectivity index (χ2n) is 9.62. The molecule has 38 heavy (non-hydrogen) atoms. The molecule has 0 aromatic heterocycles. The van der Waals surface area contributed by atoms with Crippen molar-refractivity contribution in [1.29, 1.82) is 0 Å². The quantitative estimate of drug-likeness (QED) is 0.135. The van der Waals surface area contributed by atoms with Gasteiger partial charge in [0.05, 0.1) is 12.2 Å². The Morgan fingerprint density at radius 3 is 2.00 bits per heavy atom. The van der Waals surface area contributed by atoms with E-state index < -0.39 is 5.97 Å². The van der Waals surface area contributed by atoms with Crippen molar-refractivity contribution in [2.45, 2.75) is 64.1 Å². The van der Waals surface area contributed by atoms with Crippen LogP contribution in [0.2, 0.25) is 0 Å². The topological polar surface area (TPSA) is 74.2 Å². The predicted octanol–water partition coefficient (Wildman–Crippen LogP) is 7.54. The third kappa shape index (κ3) is 9.19. The zero-order chi connectivity index (χ0) is 26.4. The molecule has 0 saturated carbocycles. The van der Waals surface area contributed by atoms with Gasteiger partial charge in [0.2, 0.25) is 0 Å². The van der Waals surface area contributed by atoms with Crippen molar-refractivity contribution in [3.05, 3.63) is 78.4 Å². The molecule has 0 amide bonds. The highest BCUT2D eigenvalue weighted by Gasteiger charge is 2.13. The van der Waals surface area contributed by atoms with Gasteiger partial charge < -0.3 is 24.1 Å². The van der Waals surface area contributed by atoms with E-state index in [2.05, 4.69) is 0 Å². The third-order valence-corrected chi connectivity index (χ3v) is 6.60. The maximum absolute atomic E-state index is 12.5. The van der Waals surface area contributed by atoms with Crippen molar-refractivity contribution in [1.82, 2.24) is 0 Å². The lowest BCUT2D eigenvalue weighted by atomic mass is 10.1. The minimum absolute atomic E-state index is 0.0243. The highest BCUT2D eigenvalue weighted by Crippen LogP contribution is 2.25. The van der Waals surface area contributed by atoms with E-state index in [0.717, 1.165) is 62.2 Å². The number of hydrogen-bond acceptors (Lipinski definition) is 6. The van der Waals surface area contributed by atoms with Crippen LogP contribution < -0.4 is 9.47 Å². The van der Waals surface area contributed by atoms with E-state index in [9.17, 15) is 9.90 Å². The van der Waals surface area contributed by atoms with Crippen molar-refractivity contribution in [3.8, 4) is 28.4 Å². The average Bonchev–Trinajstić information content (AvgIpc) is 2.96. The lowest BCUT2D eigenvalue weighted by Gasteiger charge is -2.22. The van der Waals surface area contributed by atoms with Gasteiger partial charge in [-0.15, -0.1) is 0 Å². The molecule has 1 fully saturated rings. The Hall–Kier alpha value is -3.35. The zero-order valence-electron chi connectivity index (χ0n) is 22.0. The number of phenolic OH excluding ortho intramolecular Hbond substituents is 1. The fourth-order valence-corrected chi connectivity index (χ4v) is 4.38. The summed E-state index contributed by atoms with van der Waals surface area (Å²) in [6, 6.07) is 21.3. The van der Waals surface area contributed by atoms with Crippen LogP contribution >= 0.6 is 0 Å². The number of benzene rings is 3. The van der Waals surface area contributed by atoms with Gasteiger partial charge in [0.25, 0.3) is 0 Å². The molecule has 202 valence electrons. The molecule has 6 nitrogen and oxygen atoms in total. The van der Waals surface area contributed by atoms with Crippen LogP contribution in [0.1, 0.15) is 68.1 Å². The average molecular weight is 519 g/mol. The number of phenols is 1. The molecule has 1 saturated heterocycles. The van der Waals surface area contributed by atoms with E-state index in [1.165, 1.54) is 25.7 Å². The highest BCUT2D eigenvalue weighted by atomic mass is 16.7. The second-order valence-corrected chi connectivity index (χ2v) is 9.62. The van der Waals surface area contributed by atoms with E-state index in [4.69, 9.17) is 18.9 Å². The molecule has 1 aliphatic rings. The largest absolute Gasteiger partial charge is 0.508 e. The molecule has 1 atom stereocenters. The molecule has 1 N–H and O–H groups in total. The summed E-state index contributed by atoms with van der Waals surface area (Å²) in [6.45, 7) is 2.30. The monoisotopic (exact) mass is 518 g/mol. The number of rotatable bonds is 14. The maximum atomic E-state index is 12.5. The number of carbonyl (C=O) groups is 1. The number of hydrogen-bond donors (Lipinski definition) is 1. The first-order chi connectivity index (χ1) is 18.7. The Labute approximate surface area is 225 Å². The molecule has 0 spiro atoms. The van der Waals surface area contributed by atoms with Gasteiger partial charge in [-0.05, 0) is 91.8 Å². The summed E-state index contributed by atoms with van der Waals surface area (Å²) in [5.41, 5.74) is 2.42. The summed E-state index contributed by atoms with van der Waals surface area (Å²) in [4.78, 5) is 12.5. The lowest BCUT2D eigenvalue weighted by molar-refractivity contribution is -0.162. The Morgan fingerprint density at radius 1 is 0.737 bits per heavy atom. The predicted molar refractivity (Wildman–Crippen MR) is 148 cm³/mol. The van der Waals surface area contributed by atoms with E-state index in [0.29, 0.717) is 17.9 Å². The van der Waals surface area contributed by atoms with Crippen LogP contribution in [0.3, 0.4) is 0 Å². The van der Waals surface area contributed by atoms with Crippen LogP contribution in [0.4, 0.5) is 0 Å². The normalized spacial score (nSPS) is 15.2. The summed E-state index contributed by atoms with van der Waals surface area (Å²) in [6.07, 6.45) is 10.3. The van der Waals surface area contributed by atoms with E-state index in [1.807, 2.05) is 24.3 Å². The number of ether oxygens (including phenoxy) is 4. The molecular formula is C32H38O6. The summed E-state index contributed by atoms with van der Waals surface area (Å²) in [7, 11) is 0. The van der Waals surface area contributed by atoms with Crippen molar-refractivity contribution in [2.75, 3.05) is 19.8 Å². The first-order valence-electron chi connectivity index (χ1n) is 13.7. The molecule has 0 aliphatic carbocycles. The van der Waals surface area contributed by atoms with Gasteiger partial charge >= 0.3 is 5.97 Å². The fraction of sp³-hybridized carbons (Fsp3) is 0.406. The number of esters is 1. The van der Waals surface area contributed by atoms with Gasteiger partial charge in [0, 0.05) is 13.2 Å². The van der Waals surface area contributed by atoms with E-state index >= 15 is 0 Å². The third-order valence-electron chi connectivity index (χ3n) is 6.60. The van der Waals surface area contributed by atoms with Crippen molar-refractivity contribution in [3.63, 3.8) is 0 Å². The van der Waals surface area contributed by atoms with Crippen LogP contribution in [-0.4, -0.2) is 37.2 Å². The summed E-state index contributed by atoms with van der Waals surface area (Å²) >= 11 is 0. The Kier molecular flexibility index (Phi) is 11.0. The van der Waals surface area contributed by atoms with Gasteiger partial charge in [-0.3, -0.25) is 0 Å². The van der Waals surface area contributed by atoms with Crippen LogP contribution in [0, 0.1) is 0 Å². The zero-order valence-corrected chi connectivity index (χ0v) is 22.0. The minimum atomic E-state index is -0.411. The Morgan fingerprint density at radius 2 is 1.34 bits per heavy atom. The first-order valence-corrected chi connectivity index (χ1v) is 13.7. The van der Waals surface area contributed by atoms with Gasteiger partial charge in [0.1, 0.15) is 17.2 Å². The smallest absolute Gasteiger partial charge is 0.343 e. The SMILES string of the molecule is O=C(Oc1ccc(-c2ccc(O)cc2)cc1)c1ccc(OCCCCCCCCOC2CCCCO2)cc1. The summed E-state index contributed by atoms with van der Waals surface area (Å²) in [5.74, 6) is 1.04. The molecule has 3 aromatic carbocycles. The molecule has 1 heterocycles. The molecule has 3 aromatic rings.